The molecule has 1 aromatic heterocycles. The van der Waals surface area contributed by atoms with Crippen molar-refractivity contribution in [2.24, 2.45) is 0 Å². The van der Waals surface area contributed by atoms with E-state index in [-0.39, 0.29) is 23.9 Å². The van der Waals surface area contributed by atoms with Crippen molar-refractivity contribution in [3.05, 3.63) is 60.0 Å². The van der Waals surface area contributed by atoms with Crippen molar-refractivity contribution in [2.75, 3.05) is 43.0 Å². The molecule has 4 rings (SSSR count). The molecular formula is C24H27FN4O3. The molecule has 0 saturated carbocycles. The standard InChI is InChI=1S/C24H27FN4O3/c1-3-32-24(31)22-21(19-15-17(25)9-10-20(19)26-22)27-23(30)16(2)28-11-13-29(14-12-28)18-7-5-4-6-8-18/h4-10,15-16,26H,3,11-14H2,1-2H3,(H,27,30). The number of para-hydroxylation sites is 1. The third kappa shape index (κ3) is 4.45. The molecule has 168 valence electrons. The van der Waals surface area contributed by atoms with E-state index in [4.69, 9.17) is 4.74 Å². The zero-order chi connectivity index (χ0) is 22.7. The number of fused-ring (bicyclic) bond motifs is 1. The molecule has 0 radical (unpaired) electrons. The lowest BCUT2D eigenvalue weighted by atomic mass is 10.1. The summed E-state index contributed by atoms with van der Waals surface area (Å²) in [5.41, 5.74) is 2.08. The van der Waals surface area contributed by atoms with Crippen molar-refractivity contribution in [2.45, 2.75) is 19.9 Å². The molecule has 32 heavy (non-hydrogen) atoms. The summed E-state index contributed by atoms with van der Waals surface area (Å²) in [6.07, 6.45) is 0. The Hall–Kier alpha value is -3.39. The quantitative estimate of drug-likeness (QED) is 0.575. The van der Waals surface area contributed by atoms with Gasteiger partial charge in [0.2, 0.25) is 5.91 Å². The van der Waals surface area contributed by atoms with Gasteiger partial charge in [0.15, 0.2) is 0 Å². The molecule has 1 fully saturated rings. The lowest BCUT2D eigenvalue weighted by Crippen LogP contribution is -2.52. The van der Waals surface area contributed by atoms with E-state index in [1.165, 1.54) is 23.9 Å². The van der Waals surface area contributed by atoms with Crippen molar-refractivity contribution >= 4 is 34.2 Å². The highest BCUT2D eigenvalue weighted by Gasteiger charge is 2.28. The predicted octanol–water partition coefficient (Wildman–Crippen LogP) is 3.63. The molecule has 2 aromatic carbocycles. The van der Waals surface area contributed by atoms with Gasteiger partial charge in [-0.3, -0.25) is 9.69 Å². The number of aromatic amines is 1. The Morgan fingerprint density at radius 3 is 2.53 bits per heavy atom. The number of nitrogens with one attached hydrogen (secondary N) is 2. The van der Waals surface area contributed by atoms with Crippen LogP contribution in [0.25, 0.3) is 10.9 Å². The first kappa shape index (κ1) is 21.8. The maximum atomic E-state index is 13.9. The summed E-state index contributed by atoms with van der Waals surface area (Å²) >= 11 is 0. The van der Waals surface area contributed by atoms with E-state index in [0.717, 1.165) is 26.2 Å². The molecule has 1 aliphatic heterocycles. The van der Waals surface area contributed by atoms with E-state index in [1.807, 2.05) is 25.1 Å². The van der Waals surface area contributed by atoms with Gasteiger partial charge in [0.1, 0.15) is 11.5 Å². The first-order chi connectivity index (χ1) is 15.5. The molecular weight excluding hydrogens is 411 g/mol. The Kier molecular flexibility index (Phi) is 6.41. The number of aromatic nitrogens is 1. The molecule has 1 unspecified atom stereocenters. The number of benzene rings is 2. The summed E-state index contributed by atoms with van der Waals surface area (Å²) in [5, 5.41) is 3.28. The Labute approximate surface area is 186 Å². The number of nitrogens with zero attached hydrogens (tertiary/aromatic N) is 2. The minimum atomic E-state index is -0.594. The van der Waals surface area contributed by atoms with Crippen LogP contribution in [0.4, 0.5) is 15.8 Å². The topological polar surface area (TPSA) is 77.7 Å². The second-order valence-corrected chi connectivity index (χ2v) is 7.81. The molecule has 1 amide bonds. The second kappa shape index (κ2) is 9.40. The van der Waals surface area contributed by atoms with Crippen LogP contribution in [0.2, 0.25) is 0 Å². The number of esters is 1. The smallest absolute Gasteiger partial charge is 0.356 e. The molecule has 0 bridgehead atoms. The van der Waals surface area contributed by atoms with Gasteiger partial charge >= 0.3 is 5.97 Å². The zero-order valence-corrected chi connectivity index (χ0v) is 18.2. The largest absolute Gasteiger partial charge is 0.461 e. The number of hydrogen-bond donors (Lipinski definition) is 2. The molecule has 1 saturated heterocycles. The highest BCUT2D eigenvalue weighted by atomic mass is 19.1. The number of H-pyrrole nitrogens is 1. The first-order valence-corrected chi connectivity index (χ1v) is 10.8. The number of anilines is 2. The molecule has 0 spiro atoms. The molecule has 8 heteroatoms. The van der Waals surface area contributed by atoms with Crippen LogP contribution in [0, 0.1) is 5.82 Å². The lowest BCUT2D eigenvalue weighted by molar-refractivity contribution is -0.120. The average molecular weight is 439 g/mol. The van der Waals surface area contributed by atoms with Crippen molar-refractivity contribution in [3.8, 4) is 0 Å². The molecule has 3 aromatic rings. The predicted molar refractivity (Wildman–Crippen MR) is 123 cm³/mol. The second-order valence-electron chi connectivity index (χ2n) is 7.81. The molecule has 7 nitrogen and oxygen atoms in total. The van der Waals surface area contributed by atoms with Crippen molar-refractivity contribution < 1.29 is 18.7 Å². The van der Waals surface area contributed by atoms with E-state index in [1.54, 1.807) is 6.92 Å². The van der Waals surface area contributed by atoms with Crippen LogP contribution in [0.1, 0.15) is 24.3 Å². The van der Waals surface area contributed by atoms with E-state index >= 15 is 0 Å². The lowest BCUT2D eigenvalue weighted by Gasteiger charge is -2.38. The normalized spacial score (nSPS) is 15.5. The van der Waals surface area contributed by atoms with Gasteiger partial charge in [-0.2, -0.15) is 0 Å². The highest BCUT2D eigenvalue weighted by molar-refractivity contribution is 6.11. The summed E-state index contributed by atoms with van der Waals surface area (Å²) in [4.78, 5) is 32.9. The Morgan fingerprint density at radius 2 is 1.84 bits per heavy atom. The van der Waals surface area contributed by atoms with Crippen LogP contribution in [0.3, 0.4) is 0 Å². The number of carbonyl (C=O) groups excluding carboxylic acids is 2. The summed E-state index contributed by atoms with van der Waals surface area (Å²) in [7, 11) is 0. The molecule has 2 heterocycles. The van der Waals surface area contributed by atoms with Crippen LogP contribution >= 0.6 is 0 Å². The summed E-state index contributed by atoms with van der Waals surface area (Å²) in [6, 6.07) is 13.9. The average Bonchev–Trinajstić information content (AvgIpc) is 3.17. The monoisotopic (exact) mass is 438 g/mol. The minimum absolute atomic E-state index is 0.113. The van der Waals surface area contributed by atoms with Gasteiger partial charge in [-0.15, -0.1) is 0 Å². The maximum Gasteiger partial charge on any atom is 0.356 e. The van der Waals surface area contributed by atoms with Crippen molar-refractivity contribution in [1.29, 1.82) is 0 Å². The number of amides is 1. The fourth-order valence-electron chi connectivity index (χ4n) is 4.05. The minimum Gasteiger partial charge on any atom is -0.461 e. The SMILES string of the molecule is CCOC(=O)c1[nH]c2ccc(F)cc2c1NC(=O)C(C)N1CCN(c2ccccc2)CC1. The van der Waals surface area contributed by atoms with Crippen LogP contribution in [0.5, 0.6) is 0 Å². The number of ether oxygens (including phenoxy) is 1. The van der Waals surface area contributed by atoms with Gasteiger partial charge in [0.05, 0.1) is 18.3 Å². The third-order valence-electron chi connectivity index (χ3n) is 5.85. The van der Waals surface area contributed by atoms with E-state index in [2.05, 4.69) is 32.2 Å². The van der Waals surface area contributed by atoms with Gasteiger partial charge in [-0.05, 0) is 44.2 Å². The highest BCUT2D eigenvalue weighted by Crippen LogP contribution is 2.29. The van der Waals surface area contributed by atoms with Crippen molar-refractivity contribution in [3.63, 3.8) is 0 Å². The molecule has 1 atom stereocenters. The van der Waals surface area contributed by atoms with Crippen LogP contribution in [0.15, 0.2) is 48.5 Å². The third-order valence-corrected chi connectivity index (χ3v) is 5.85. The number of rotatable bonds is 6. The van der Waals surface area contributed by atoms with E-state index in [9.17, 15) is 14.0 Å². The fourth-order valence-corrected chi connectivity index (χ4v) is 4.05. The van der Waals surface area contributed by atoms with Crippen molar-refractivity contribution in [1.82, 2.24) is 9.88 Å². The number of hydrogen-bond acceptors (Lipinski definition) is 5. The van der Waals surface area contributed by atoms with Gasteiger partial charge < -0.3 is 19.9 Å². The summed E-state index contributed by atoms with van der Waals surface area (Å²) in [5.74, 6) is -1.30. The fraction of sp³-hybridized carbons (Fsp3) is 0.333. The molecule has 2 N–H and O–H groups in total. The van der Waals surface area contributed by atoms with Gasteiger partial charge in [0, 0.05) is 42.8 Å². The van der Waals surface area contributed by atoms with E-state index < -0.39 is 17.8 Å². The van der Waals surface area contributed by atoms with Gasteiger partial charge in [-0.1, -0.05) is 18.2 Å². The number of carbonyl (C=O) groups is 2. The van der Waals surface area contributed by atoms with E-state index in [0.29, 0.717) is 10.9 Å². The summed E-state index contributed by atoms with van der Waals surface area (Å²) in [6.45, 7) is 6.83. The Morgan fingerprint density at radius 1 is 1.12 bits per heavy atom. The number of piperazine rings is 1. The van der Waals surface area contributed by atoms with Crippen LogP contribution in [-0.4, -0.2) is 60.6 Å². The summed E-state index contributed by atoms with van der Waals surface area (Å²) < 4.78 is 19.0. The molecule has 0 aliphatic carbocycles. The zero-order valence-electron chi connectivity index (χ0n) is 18.2. The van der Waals surface area contributed by atoms with Crippen LogP contribution in [-0.2, 0) is 9.53 Å². The Balaban J connectivity index is 1.49. The first-order valence-electron chi connectivity index (χ1n) is 10.8. The maximum absolute atomic E-state index is 13.9. The Bertz CT molecular complexity index is 1110. The van der Waals surface area contributed by atoms with Gasteiger partial charge in [0.25, 0.3) is 0 Å². The number of halogens is 1. The van der Waals surface area contributed by atoms with Gasteiger partial charge in [-0.25, -0.2) is 9.18 Å². The molecule has 1 aliphatic rings. The van der Waals surface area contributed by atoms with Crippen LogP contribution < -0.4 is 10.2 Å².